The Morgan fingerprint density at radius 3 is 2.52 bits per heavy atom. The Kier molecular flexibility index (Phi) is 7.32. The van der Waals surface area contributed by atoms with Gasteiger partial charge in [-0.05, 0) is 49.7 Å². The van der Waals surface area contributed by atoms with E-state index in [-0.39, 0.29) is 40.7 Å². The Hall–Kier alpha value is -2.46. The monoisotopic (exact) mass is 466 g/mol. The molecule has 0 spiro atoms. The molecule has 10 heteroatoms. The second kappa shape index (κ2) is 9.78. The molecule has 3 rings (SSSR count). The Bertz CT molecular complexity index is 1100. The van der Waals surface area contributed by atoms with E-state index in [0.29, 0.717) is 24.5 Å². The molecular formula is C21H23ClN2O6S. The molecule has 1 saturated heterocycles. The Labute approximate surface area is 186 Å². The zero-order chi connectivity index (χ0) is 22.6. The van der Waals surface area contributed by atoms with Gasteiger partial charge in [-0.1, -0.05) is 17.7 Å². The van der Waals surface area contributed by atoms with Gasteiger partial charge in [0.05, 0.1) is 35.3 Å². The number of sulfonamides is 1. The van der Waals surface area contributed by atoms with Gasteiger partial charge in [-0.25, -0.2) is 13.2 Å². The highest BCUT2D eigenvalue weighted by atomic mass is 35.5. The van der Waals surface area contributed by atoms with Crippen molar-refractivity contribution in [3.8, 4) is 0 Å². The molecule has 1 N–H and O–H groups in total. The minimum atomic E-state index is -3.75. The summed E-state index contributed by atoms with van der Waals surface area (Å²) >= 11 is 6.13. The average molecular weight is 467 g/mol. The summed E-state index contributed by atoms with van der Waals surface area (Å²) in [7, 11) is -3.75. The van der Waals surface area contributed by atoms with Crippen molar-refractivity contribution in [2.75, 3.05) is 38.2 Å². The normalized spacial score (nSPS) is 14.8. The minimum Gasteiger partial charge on any atom is -0.462 e. The second-order valence-electron chi connectivity index (χ2n) is 6.87. The Morgan fingerprint density at radius 1 is 1.16 bits per heavy atom. The fourth-order valence-electron chi connectivity index (χ4n) is 3.12. The first-order valence-electron chi connectivity index (χ1n) is 9.70. The molecule has 31 heavy (non-hydrogen) atoms. The summed E-state index contributed by atoms with van der Waals surface area (Å²) in [6.07, 6.45) is 0. The fourth-order valence-corrected chi connectivity index (χ4v) is 5.03. The van der Waals surface area contributed by atoms with Gasteiger partial charge in [0.2, 0.25) is 10.0 Å². The quantitative estimate of drug-likeness (QED) is 0.656. The predicted octanol–water partition coefficient (Wildman–Crippen LogP) is 3.10. The van der Waals surface area contributed by atoms with Gasteiger partial charge in [0.1, 0.15) is 0 Å². The summed E-state index contributed by atoms with van der Waals surface area (Å²) in [5, 5.41) is 2.81. The van der Waals surface area contributed by atoms with E-state index in [2.05, 4.69) is 5.32 Å². The standard InChI is InChI=1S/C21H23ClN2O6S/c1-3-30-21(26)17-7-6-16(13-18(17)22)23-20(25)15-5-4-14(2)19(12-15)31(27,28)24-8-10-29-11-9-24/h4-7,12-13H,3,8-11H2,1-2H3,(H,23,25). The number of nitrogens with one attached hydrogen (secondary N) is 1. The molecule has 1 fully saturated rings. The number of hydrogen-bond acceptors (Lipinski definition) is 6. The van der Waals surface area contributed by atoms with Crippen molar-refractivity contribution in [3.63, 3.8) is 0 Å². The maximum absolute atomic E-state index is 13.0. The molecule has 1 aliphatic heterocycles. The third-order valence-electron chi connectivity index (χ3n) is 4.76. The summed E-state index contributed by atoms with van der Waals surface area (Å²) in [6.45, 7) is 4.80. The zero-order valence-corrected chi connectivity index (χ0v) is 18.8. The molecule has 1 heterocycles. The van der Waals surface area contributed by atoms with Crippen molar-refractivity contribution in [1.82, 2.24) is 4.31 Å². The largest absolute Gasteiger partial charge is 0.462 e. The van der Waals surface area contributed by atoms with Crippen LogP contribution in [0.5, 0.6) is 0 Å². The number of nitrogens with zero attached hydrogens (tertiary/aromatic N) is 1. The highest BCUT2D eigenvalue weighted by Crippen LogP contribution is 2.25. The molecule has 2 aromatic carbocycles. The Balaban J connectivity index is 1.82. The van der Waals surface area contributed by atoms with Gasteiger partial charge in [-0.3, -0.25) is 4.79 Å². The third kappa shape index (κ3) is 5.24. The molecule has 1 amide bonds. The van der Waals surface area contributed by atoms with Gasteiger partial charge < -0.3 is 14.8 Å². The third-order valence-corrected chi connectivity index (χ3v) is 7.11. The van der Waals surface area contributed by atoms with E-state index in [1.807, 2.05) is 0 Å². The number of esters is 1. The number of halogens is 1. The van der Waals surface area contributed by atoms with Crippen LogP contribution in [0.15, 0.2) is 41.3 Å². The lowest BCUT2D eigenvalue weighted by molar-refractivity contribution is 0.0526. The van der Waals surface area contributed by atoms with Crippen LogP contribution in [0, 0.1) is 6.92 Å². The number of aryl methyl sites for hydroxylation is 1. The second-order valence-corrected chi connectivity index (χ2v) is 9.18. The van der Waals surface area contributed by atoms with Crippen LogP contribution in [-0.2, 0) is 19.5 Å². The number of amides is 1. The number of morpholine rings is 1. The van der Waals surface area contributed by atoms with Gasteiger partial charge in [-0.15, -0.1) is 0 Å². The lowest BCUT2D eigenvalue weighted by Crippen LogP contribution is -2.40. The van der Waals surface area contributed by atoms with E-state index in [1.54, 1.807) is 26.0 Å². The van der Waals surface area contributed by atoms with E-state index >= 15 is 0 Å². The first-order chi connectivity index (χ1) is 14.7. The lowest BCUT2D eigenvalue weighted by Gasteiger charge is -2.26. The van der Waals surface area contributed by atoms with E-state index in [0.717, 1.165) is 0 Å². The molecule has 8 nitrogen and oxygen atoms in total. The van der Waals surface area contributed by atoms with Crippen LogP contribution in [0.2, 0.25) is 5.02 Å². The molecule has 0 saturated carbocycles. The van der Waals surface area contributed by atoms with E-state index in [9.17, 15) is 18.0 Å². The van der Waals surface area contributed by atoms with Crippen LogP contribution in [0.25, 0.3) is 0 Å². The number of benzene rings is 2. The van der Waals surface area contributed by atoms with Gasteiger partial charge in [0, 0.05) is 24.3 Å². The van der Waals surface area contributed by atoms with Crippen LogP contribution in [-0.4, -0.2) is 57.5 Å². The molecular weight excluding hydrogens is 444 g/mol. The van der Waals surface area contributed by atoms with E-state index in [1.165, 1.54) is 28.6 Å². The molecule has 0 unspecified atom stereocenters. The smallest absolute Gasteiger partial charge is 0.339 e. The van der Waals surface area contributed by atoms with Crippen molar-refractivity contribution in [2.24, 2.45) is 0 Å². The van der Waals surface area contributed by atoms with Crippen LogP contribution in [0.4, 0.5) is 5.69 Å². The molecule has 0 aromatic heterocycles. The first kappa shape index (κ1) is 23.2. The number of rotatable bonds is 6. The van der Waals surface area contributed by atoms with Crippen molar-refractivity contribution in [1.29, 1.82) is 0 Å². The zero-order valence-electron chi connectivity index (χ0n) is 17.2. The highest BCUT2D eigenvalue weighted by Gasteiger charge is 2.28. The molecule has 1 aliphatic rings. The summed E-state index contributed by atoms with van der Waals surface area (Å²) in [4.78, 5) is 24.7. The Morgan fingerprint density at radius 2 is 1.87 bits per heavy atom. The van der Waals surface area contributed by atoms with E-state index in [4.69, 9.17) is 21.1 Å². The number of hydrogen-bond donors (Lipinski definition) is 1. The van der Waals surface area contributed by atoms with Crippen molar-refractivity contribution in [2.45, 2.75) is 18.7 Å². The fraction of sp³-hybridized carbons (Fsp3) is 0.333. The van der Waals surface area contributed by atoms with Crippen LogP contribution < -0.4 is 5.32 Å². The van der Waals surface area contributed by atoms with Gasteiger partial charge in [0.25, 0.3) is 5.91 Å². The number of ether oxygens (including phenoxy) is 2. The SMILES string of the molecule is CCOC(=O)c1ccc(NC(=O)c2ccc(C)c(S(=O)(=O)N3CCOCC3)c2)cc1Cl. The predicted molar refractivity (Wildman–Crippen MR) is 116 cm³/mol. The molecule has 0 radical (unpaired) electrons. The summed E-state index contributed by atoms with van der Waals surface area (Å²) < 4.78 is 37.5. The van der Waals surface area contributed by atoms with Crippen LogP contribution in [0.3, 0.4) is 0 Å². The van der Waals surface area contributed by atoms with Gasteiger partial charge in [0.15, 0.2) is 0 Å². The number of carbonyl (C=O) groups excluding carboxylic acids is 2. The maximum atomic E-state index is 13.0. The van der Waals surface area contributed by atoms with Crippen LogP contribution in [0.1, 0.15) is 33.2 Å². The molecule has 166 valence electrons. The average Bonchev–Trinajstić information content (AvgIpc) is 2.74. The van der Waals surface area contributed by atoms with Crippen molar-refractivity contribution < 1.29 is 27.5 Å². The highest BCUT2D eigenvalue weighted by molar-refractivity contribution is 7.89. The topological polar surface area (TPSA) is 102 Å². The summed E-state index contributed by atoms with van der Waals surface area (Å²) in [6, 6.07) is 8.93. The number of carbonyl (C=O) groups is 2. The summed E-state index contributed by atoms with van der Waals surface area (Å²) in [5.74, 6) is -1.06. The molecule has 0 bridgehead atoms. The van der Waals surface area contributed by atoms with Crippen molar-refractivity contribution in [3.05, 3.63) is 58.1 Å². The van der Waals surface area contributed by atoms with Gasteiger partial charge >= 0.3 is 5.97 Å². The maximum Gasteiger partial charge on any atom is 0.339 e. The molecule has 0 aliphatic carbocycles. The molecule has 0 atom stereocenters. The van der Waals surface area contributed by atoms with Crippen molar-refractivity contribution >= 4 is 39.2 Å². The molecule has 2 aromatic rings. The number of anilines is 1. The first-order valence-corrected chi connectivity index (χ1v) is 11.5. The lowest BCUT2D eigenvalue weighted by atomic mass is 10.1. The van der Waals surface area contributed by atoms with E-state index < -0.39 is 21.9 Å². The van der Waals surface area contributed by atoms with Crippen LogP contribution >= 0.6 is 11.6 Å². The minimum absolute atomic E-state index is 0.0812. The summed E-state index contributed by atoms with van der Waals surface area (Å²) in [5.41, 5.74) is 1.28. The van der Waals surface area contributed by atoms with Gasteiger partial charge in [-0.2, -0.15) is 4.31 Å².